The Balaban J connectivity index is 1.59. The molecule has 0 spiro atoms. The molecule has 2 amide bonds. The molecular formula is C18H23N7O. The first kappa shape index (κ1) is 17.7. The van der Waals surface area contributed by atoms with Gasteiger partial charge in [-0.05, 0) is 31.9 Å². The minimum atomic E-state index is -0.221. The van der Waals surface area contributed by atoms with Gasteiger partial charge in [0.2, 0.25) is 0 Å². The van der Waals surface area contributed by atoms with Crippen LogP contribution in [0.1, 0.15) is 24.9 Å². The van der Waals surface area contributed by atoms with Gasteiger partial charge < -0.3 is 19.8 Å². The van der Waals surface area contributed by atoms with Gasteiger partial charge in [0, 0.05) is 43.3 Å². The second kappa shape index (κ2) is 7.81. The molecule has 0 saturated heterocycles. The van der Waals surface area contributed by atoms with Crippen molar-refractivity contribution in [2.45, 2.75) is 26.3 Å². The van der Waals surface area contributed by atoms with E-state index in [4.69, 9.17) is 0 Å². The van der Waals surface area contributed by atoms with E-state index in [0.29, 0.717) is 6.54 Å². The summed E-state index contributed by atoms with van der Waals surface area (Å²) in [5.41, 5.74) is 2.65. The van der Waals surface area contributed by atoms with E-state index in [1.165, 1.54) is 0 Å². The lowest BCUT2D eigenvalue weighted by Crippen LogP contribution is -2.30. The summed E-state index contributed by atoms with van der Waals surface area (Å²) in [6.07, 6.45) is 7.94. The Morgan fingerprint density at radius 2 is 2.15 bits per heavy atom. The third-order valence-corrected chi connectivity index (χ3v) is 4.42. The standard InChI is InChI=1S/C18H23N7O/c1-13(25-10-9-19-11-25)7-8-20-18(26)22-16-6-4-5-15(14(16)2)17-23-21-12-24(17)3/h4-6,9-13H,7-8H2,1-3H3,(H2,20,22,26)/t13-/m1/s1. The molecule has 2 heterocycles. The predicted molar refractivity (Wildman–Crippen MR) is 99.8 cm³/mol. The zero-order valence-corrected chi connectivity index (χ0v) is 15.2. The fourth-order valence-electron chi connectivity index (χ4n) is 2.78. The average Bonchev–Trinajstić information content (AvgIpc) is 3.28. The number of carbonyl (C=O) groups is 1. The number of rotatable bonds is 6. The molecule has 0 bridgehead atoms. The summed E-state index contributed by atoms with van der Waals surface area (Å²) in [6, 6.07) is 5.80. The van der Waals surface area contributed by atoms with Gasteiger partial charge in [-0.3, -0.25) is 0 Å². The van der Waals surface area contributed by atoms with Crippen molar-refractivity contribution in [2.24, 2.45) is 7.05 Å². The van der Waals surface area contributed by atoms with E-state index in [1.807, 2.05) is 47.5 Å². The molecule has 0 aliphatic heterocycles. The van der Waals surface area contributed by atoms with Gasteiger partial charge in [0.25, 0.3) is 0 Å². The van der Waals surface area contributed by atoms with Crippen LogP contribution in [0.4, 0.5) is 10.5 Å². The minimum Gasteiger partial charge on any atom is -0.338 e. The van der Waals surface area contributed by atoms with Crippen molar-refractivity contribution in [3.63, 3.8) is 0 Å². The number of amides is 2. The maximum absolute atomic E-state index is 12.2. The Kier molecular flexibility index (Phi) is 5.31. The van der Waals surface area contributed by atoms with Gasteiger partial charge in [0.15, 0.2) is 5.82 Å². The van der Waals surface area contributed by atoms with Crippen LogP contribution < -0.4 is 10.6 Å². The highest BCUT2D eigenvalue weighted by molar-refractivity contribution is 5.91. The second-order valence-corrected chi connectivity index (χ2v) is 6.27. The number of benzene rings is 1. The number of aryl methyl sites for hydroxylation is 1. The molecule has 3 rings (SSSR count). The summed E-state index contributed by atoms with van der Waals surface area (Å²) in [7, 11) is 1.89. The summed E-state index contributed by atoms with van der Waals surface area (Å²) in [5, 5.41) is 13.9. The largest absolute Gasteiger partial charge is 0.338 e. The molecule has 0 aliphatic rings. The van der Waals surface area contributed by atoms with Gasteiger partial charge in [0.1, 0.15) is 6.33 Å². The van der Waals surface area contributed by atoms with E-state index >= 15 is 0 Å². The van der Waals surface area contributed by atoms with E-state index in [9.17, 15) is 4.79 Å². The molecule has 0 radical (unpaired) electrons. The van der Waals surface area contributed by atoms with Crippen molar-refractivity contribution < 1.29 is 4.79 Å². The van der Waals surface area contributed by atoms with Crippen LogP contribution in [0.2, 0.25) is 0 Å². The number of hydrogen-bond donors (Lipinski definition) is 2. The molecule has 0 aliphatic carbocycles. The molecule has 136 valence electrons. The number of aromatic nitrogens is 5. The highest BCUT2D eigenvalue weighted by atomic mass is 16.2. The van der Waals surface area contributed by atoms with Crippen LogP contribution in [-0.4, -0.2) is 36.9 Å². The first-order valence-electron chi connectivity index (χ1n) is 8.52. The van der Waals surface area contributed by atoms with Crippen molar-refractivity contribution in [3.05, 3.63) is 48.8 Å². The first-order chi connectivity index (χ1) is 12.6. The van der Waals surface area contributed by atoms with E-state index in [0.717, 1.165) is 29.1 Å². The molecule has 1 aromatic carbocycles. The van der Waals surface area contributed by atoms with Gasteiger partial charge in [0.05, 0.1) is 6.33 Å². The fourth-order valence-corrected chi connectivity index (χ4v) is 2.78. The predicted octanol–water partition coefficient (Wildman–Crippen LogP) is 2.76. The average molecular weight is 353 g/mol. The van der Waals surface area contributed by atoms with Gasteiger partial charge in [-0.2, -0.15) is 0 Å². The Hall–Kier alpha value is -3.16. The Morgan fingerprint density at radius 1 is 1.31 bits per heavy atom. The number of hydrogen-bond acceptors (Lipinski definition) is 4. The minimum absolute atomic E-state index is 0.221. The molecule has 0 fully saturated rings. The smallest absolute Gasteiger partial charge is 0.319 e. The van der Waals surface area contributed by atoms with E-state index < -0.39 is 0 Å². The van der Waals surface area contributed by atoms with Crippen LogP contribution >= 0.6 is 0 Å². The maximum Gasteiger partial charge on any atom is 0.319 e. The lowest BCUT2D eigenvalue weighted by molar-refractivity contribution is 0.251. The fraction of sp³-hybridized carbons (Fsp3) is 0.333. The van der Waals surface area contributed by atoms with Gasteiger partial charge in [-0.15, -0.1) is 10.2 Å². The molecule has 3 aromatic rings. The normalized spacial score (nSPS) is 12.0. The van der Waals surface area contributed by atoms with Gasteiger partial charge >= 0.3 is 6.03 Å². The van der Waals surface area contributed by atoms with Crippen LogP contribution in [0.5, 0.6) is 0 Å². The third kappa shape index (κ3) is 3.90. The van der Waals surface area contributed by atoms with E-state index in [2.05, 4.69) is 32.7 Å². The molecule has 0 unspecified atom stereocenters. The summed E-state index contributed by atoms with van der Waals surface area (Å²) in [5.74, 6) is 0.765. The number of carbonyl (C=O) groups excluding carboxylic acids is 1. The topological polar surface area (TPSA) is 89.7 Å². The molecule has 1 atom stereocenters. The van der Waals surface area contributed by atoms with E-state index in [-0.39, 0.29) is 12.1 Å². The zero-order valence-electron chi connectivity index (χ0n) is 15.2. The highest BCUT2D eigenvalue weighted by Crippen LogP contribution is 2.26. The quantitative estimate of drug-likeness (QED) is 0.713. The van der Waals surface area contributed by atoms with Crippen LogP contribution in [0, 0.1) is 6.92 Å². The number of anilines is 1. The molecule has 2 aromatic heterocycles. The number of imidazole rings is 1. The molecular weight excluding hydrogens is 330 g/mol. The number of nitrogens with one attached hydrogen (secondary N) is 2. The summed E-state index contributed by atoms with van der Waals surface area (Å²) < 4.78 is 3.87. The highest BCUT2D eigenvalue weighted by Gasteiger charge is 2.12. The van der Waals surface area contributed by atoms with Gasteiger partial charge in [-0.1, -0.05) is 12.1 Å². The molecule has 8 heteroatoms. The SMILES string of the molecule is Cc1c(NC(=O)NCC[C@@H](C)n2ccnc2)cccc1-c1nncn1C. The Labute approximate surface area is 152 Å². The molecule has 8 nitrogen and oxygen atoms in total. The van der Waals surface area contributed by atoms with Crippen molar-refractivity contribution in [1.29, 1.82) is 0 Å². The van der Waals surface area contributed by atoms with Crippen molar-refractivity contribution in [1.82, 2.24) is 29.6 Å². The van der Waals surface area contributed by atoms with Gasteiger partial charge in [-0.25, -0.2) is 9.78 Å². The number of urea groups is 1. The monoisotopic (exact) mass is 353 g/mol. The summed E-state index contributed by atoms with van der Waals surface area (Å²) in [4.78, 5) is 16.3. The van der Waals surface area contributed by atoms with Crippen LogP contribution in [0.3, 0.4) is 0 Å². The number of nitrogens with zero attached hydrogens (tertiary/aromatic N) is 5. The summed E-state index contributed by atoms with van der Waals surface area (Å²) in [6.45, 7) is 4.63. The zero-order chi connectivity index (χ0) is 18.5. The third-order valence-electron chi connectivity index (χ3n) is 4.42. The maximum atomic E-state index is 12.2. The first-order valence-corrected chi connectivity index (χ1v) is 8.52. The molecule has 0 saturated carbocycles. The molecule has 26 heavy (non-hydrogen) atoms. The van der Waals surface area contributed by atoms with Crippen molar-refractivity contribution in [3.8, 4) is 11.4 Å². The summed E-state index contributed by atoms with van der Waals surface area (Å²) >= 11 is 0. The van der Waals surface area contributed by atoms with Crippen molar-refractivity contribution in [2.75, 3.05) is 11.9 Å². The lowest BCUT2D eigenvalue weighted by atomic mass is 10.1. The van der Waals surface area contributed by atoms with Crippen LogP contribution in [0.25, 0.3) is 11.4 Å². The lowest BCUT2D eigenvalue weighted by Gasteiger charge is -2.15. The van der Waals surface area contributed by atoms with Crippen molar-refractivity contribution >= 4 is 11.7 Å². The second-order valence-electron chi connectivity index (χ2n) is 6.27. The van der Waals surface area contributed by atoms with Crippen LogP contribution in [-0.2, 0) is 7.05 Å². The molecule has 2 N–H and O–H groups in total. The van der Waals surface area contributed by atoms with Crippen LogP contribution in [0.15, 0.2) is 43.2 Å². The Morgan fingerprint density at radius 3 is 2.85 bits per heavy atom. The Bertz CT molecular complexity index is 870. The van der Waals surface area contributed by atoms with E-state index in [1.54, 1.807) is 18.9 Å².